The molecule has 6 nitrogen and oxygen atoms in total. The monoisotopic (exact) mass is 333 g/mol. The summed E-state index contributed by atoms with van der Waals surface area (Å²) in [5.74, 6) is -0.266. The summed E-state index contributed by atoms with van der Waals surface area (Å²) in [7, 11) is 0. The lowest BCUT2D eigenvalue weighted by molar-refractivity contribution is -0.121. The maximum atomic E-state index is 12.0. The molecule has 0 aliphatic heterocycles. The van der Waals surface area contributed by atoms with E-state index >= 15 is 0 Å². The Morgan fingerprint density at radius 1 is 1.36 bits per heavy atom. The van der Waals surface area contributed by atoms with Gasteiger partial charge in [-0.05, 0) is 31.2 Å². The number of thiophene rings is 1. The number of carbonyl (C=O) groups is 1. The van der Waals surface area contributed by atoms with Gasteiger partial charge in [0, 0.05) is 0 Å². The normalized spacial score (nSPS) is 11.8. The number of hydrazone groups is 1. The van der Waals surface area contributed by atoms with Gasteiger partial charge in [-0.25, -0.2) is 10.1 Å². The molecule has 3 aromatic rings. The number of fused-ring (bicyclic) bond motifs is 1. The van der Waals surface area contributed by atoms with Gasteiger partial charge in [0.15, 0.2) is 0 Å². The zero-order valence-corrected chi connectivity index (χ0v) is 13.2. The van der Waals surface area contributed by atoms with Crippen molar-refractivity contribution in [3.8, 4) is 0 Å². The second-order valence-corrected chi connectivity index (χ2v) is 6.29. The van der Waals surface area contributed by atoms with E-state index in [1.165, 1.54) is 16.0 Å². The summed E-state index contributed by atoms with van der Waals surface area (Å²) in [6.07, 6.45) is 0. The Bertz CT molecular complexity index is 854. The number of para-hydroxylation sites is 1. The minimum absolute atomic E-state index is 0.0580. The minimum atomic E-state index is -0.266. The van der Waals surface area contributed by atoms with Crippen molar-refractivity contribution < 1.29 is 4.79 Å². The molecule has 0 radical (unpaired) electrons. The van der Waals surface area contributed by atoms with E-state index < -0.39 is 0 Å². The van der Waals surface area contributed by atoms with E-state index in [1.807, 2.05) is 37.3 Å². The van der Waals surface area contributed by atoms with Crippen LogP contribution in [0.2, 0.25) is 4.34 Å². The maximum Gasteiger partial charge on any atom is 0.261 e. The van der Waals surface area contributed by atoms with Gasteiger partial charge in [-0.3, -0.25) is 4.79 Å². The molecule has 1 aromatic carbocycles. The van der Waals surface area contributed by atoms with Crippen LogP contribution in [0.25, 0.3) is 11.0 Å². The first kappa shape index (κ1) is 14.7. The van der Waals surface area contributed by atoms with Crippen LogP contribution in [0.1, 0.15) is 11.8 Å². The Kier molecular flexibility index (Phi) is 4.17. The number of halogens is 1. The molecule has 0 saturated heterocycles. The molecule has 8 heteroatoms. The number of carbonyl (C=O) groups excluding carboxylic acids is 1. The number of nitrogens with zero attached hydrogens (tertiary/aromatic N) is 4. The smallest absolute Gasteiger partial charge is 0.261 e. The fraction of sp³-hybridized carbons (Fsp3) is 0.143. The van der Waals surface area contributed by atoms with Gasteiger partial charge in [-0.15, -0.1) is 16.4 Å². The molecule has 0 saturated carbocycles. The quantitative estimate of drug-likeness (QED) is 0.589. The van der Waals surface area contributed by atoms with Gasteiger partial charge in [-0.2, -0.15) is 5.10 Å². The third-order valence-electron chi connectivity index (χ3n) is 2.99. The standard InChI is InChI=1S/C14H12ClN5OS/c1-9(12-6-7-13(15)22-12)16-18-14(21)8-20-11-5-3-2-4-10(11)17-19-20/h2-7H,8H2,1H3,(H,18,21)/b16-9-. The average Bonchev–Trinajstić information content (AvgIpc) is 3.12. The van der Waals surface area contributed by atoms with Crippen LogP contribution in [0.5, 0.6) is 0 Å². The fourth-order valence-electron chi connectivity index (χ4n) is 1.92. The summed E-state index contributed by atoms with van der Waals surface area (Å²) in [6, 6.07) is 11.1. The number of aromatic nitrogens is 3. The van der Waals surface area contributed by atoms with Crippen molar-refractivity contribution in [1.29, 1.82) is 0 Å². The number of benzene rings is 1. The third kappa shape index (κ3) is 3.15. The van der Waals surface area contributed by atoms with Gasteiger partial charge >= 0.3 is 0 Å². The highest BCUT2D eigenvalue weighted by Gasteiger charge is 2.08. The largest absolute Gasteiger partial charge is 0.271 e. The van der Waals surface area contributed by atoms with Crippen LogP contribution >= 0.6 is 22.9 Å². The lowest BCUT2D eigenvalue weighted by Crippen LogP contribution is -2.24. The Morgan fingerprint density at radius 3 is 2.95 bits per heavy atom. The molecule has 0 aliphatic carbocycles. The summed E-state index contributed by atoms with van der Waals surface area (Å²) in [4.78, 5) is 12.9. The van der Waals surface area contributed by atoms with Crippen molar-refractivity contribution in [2.75, 3.05) is 0 Å². The second kappa shape index (κ2) is 6.25. The Hall–Kier alpha value is -2.25. The first-order valence-corrected chi connectivity index (χ1v) is 7.70. The van der Waals surface area contributed by atoms with E-state index in [9.17, 15) is 4.79 Å². The van der Waals surface area contributed by atoms with Gasteiger partial charge in [0.2, 0.25) is 0 Å². The Balaban J connectivity index is 1.68. The summed E-state index contributed by atoms with van der Waals surface area (Å²) < 4.78 is 2.22. The van der Waals surface area contributed by atoms with Crippen molar-refractivity contribution >= 4 is 45.6 Å². The number of nitrogens with one attached hydrogen (secondary N) is 1. The maximum absolute atomic E-state index is 12.0. The highest BCUT2D eigenvalue weighted by atomic mass is 35.5. The first-order valence-electron chi connectivity index (χ1n) is 6.50. The predicted molar refractivity (Wildman–Crippen MR) is 87.2 cm³/mol. The van der Waals surface area contributed by atoms with Crippen molar-refractivity contribution in [2.24, 2.45) is 5.10 Å². The molecule has 112 valence electrons. The van der Waals surface area contributed by atoms with Gasteiger partial charge in [0.1, 0.15) is 12.1 Å². The number of hydrogen-bond donors (Lipinski definition) is 1. The molecule has 22 heavy (non-hydrogen) atoms. The summed E-state index contributed by atoms with van der Waals surface area (Å²) in [6.45, 7) is 1.87. The Morgan fingerprint density at radius 2 is 2.18 bits per heavy atom. The SMILES string of the molecule is C/C(=N/NC(=O)Cn1nnc2ccccc21)c1ccc(Cl)s1. The van der Waals surface area contributed by atoms with Crippen LogP contribution in [0.15, 0.2) is 41.5 Å². The van der Waals surface area contributed by atoms with Crippen LogP contribution in [0.4, 0.5) is 0 Å². The molecule has 1 amide bonds. The van der Waals surface area contributed by atoms with Crippen LogP contribution in [0.3, 0.4) is 0 Å². The molecule has 1 N–H and O–H groups in total. The van der Waals surface area contributed by atoms with Gasteiger partial charge in [0.25, 0.3) is 5.91 Å². The molecule has 0 spiro atoms. The molecule has 3 rings (SSSR count). The highest BCUT2D eigenvalue weighted by molar-refractivity contribution is 7.18. The highest BCUT2D eigenvalue weighted by Crippen LogP contribution is 2.21. The molecule has 0 fully saturated rings. The first-order chi connectivity index (χ1) is 10.6. The average molecular weight is 334 g/mol. The second-order valence-electron chi connectivity index (χ2n) is 4.57. The number of rotatable bonds is 4. The van der Waals surface area contributed by atoms with Gasteiger partial charge < -0.3 is 0 Å². The molecule has 0 atom stereocenters. The van der Waals surface area contributed by atoms with Crippen LogP contribution < -0.4 is 5.43 Å². The third-order valence-corrected chi connectivity index (χ3v) is 4.33. The molecule has 2 aromatic heterocycles. The lowest BCUT2D eigenvalue weighted by Gasteiger charge is -2.02. The lowest BCUT2D eigenvalue weighted by atomic mass is 10.3. The van der Waals surface area contributed by atoms with E-state index in [-0.39, 0.29) is 12.5 Å². The summed E-state index contributed by atoms with van der Waals surface area (Å²) in [5.41, 5.74) is 4.78. The molecule has 0 unspecified atom stereocenters. The predicted octanol–water partition coefficient (Wildman–Crippen LogP) is 2.69. The van der Waals surface area contributed by atoms with E-state index in [0.29, 0.717) is 10.0 Å². The zero-order chi connectivity index (χ0) is 15.5. The van der Waals surface area contributed by atoms with Gasteiger partial charge in [0.05, 0.1) is 20.4 Å². The summed E-state index contributed by atoms with van der Waals surface area (Å²) >= 11 is 7.29. The summed E-state index contributed by atoms with van der Waals surface area (Å²) in [5, 5.41) is 12.0. The van der Waals surface area contributed by atoms with Crippen LogP contribution in [-0.4, -0.2) is 26.6 Å². The van der Waals surface area contributed by atoms with E-state index in [4.69, 9.17) is 11.6 Å². The van der Waals surface area contributed by atoms with E-state index in [0.717, 1.165) is 15.9 Å². The van der Waals surface area contributed by atoms with E-state index in [1.54, 1.807) is 6.07 Å². The van der Waals surface area contributed by atoms with E-state index in [2.05, 4.69) is 20.8 Å². The van der Waals surface area contributed by atoms with Crippen molar-refractivity contribution in [3.05, 3.63) is 45.6 Å². The van der Waals surface area contributed by atoms with Crippen molar-refractivity contribution in [3.63, 3.8) is 0 Å². The number of hydrogen-bond acceptors (Lipinski definition) is 5. The molecule has 0 bridgehead atoms. The molecular formula is C14H12ClN5OS. The minimum Gasteiger partial charge on any atom is -0.271 e. The van der Waals surface area contributed by atoms with Crippen LogP contribution in [-0.2, 0) is 11.3 Å². The topological polar surface area (TPSA) is 72.2 Å². The molecular weight excluding hydrogens is 322 g/mol. The Labute approximate surface area is 135 Å². The van der Waals surface area contributed by atoms with Gasteiger partial charge in [-0.1, -0.05) is 28.9 Å². The van der Waals surface area contributed by atoms with Crippen LogP contribution in [0, 0.1) is 0 Å². The van der Waals surface area contributed by atoms with Crippen molar-refractivity contribution in [2.45, 2.75) is 13.5 Å². The molecule has 2 heterocycles. The fourth-order valence-corrected chi connectivity index (χ4v) is 2.90. The molecule has 0 aliphatic rings. The number of amides is 1. The van der Waals surface area contributed by atoms with Crippen molar-refractivity contribution in [1.82, 2.24) is 20.4 Å². The zero-order valence-electron chi connectivity index (χ0n) is 11.7.